The third kappa shape index (κ3) is 4.01. The summed E-state index contributed by atoms with van der Waals surface area (Å²) >= 11 is 0. The number of nitrogens with two attached hydrogens (primary N) is 1. The molecular weight excluding hydrogens is 400 g/mol. The smallest absolute Gasteiger partial charge is 0.320 e. The summed E-state index contributed by atoms with van der Waals surface area (Å²) in [6, 6.07) is 13.7. The number of nitrogens with one attached hydrogen (secondary N) is 1. The highest BCUT2D eigenvalue weighted by Crippen LogP contribution is 2.44. The van der Waals surface area contributed by atoms with Crippen LogP contribution in [0.4, 0.5) is 0 Å². The Balaban J connectivity index is 1.94. The van der Waals surface area contributed by atoms with Crippen molar-refractivity contribution in [3.8, 4) is 11.1 Å². The van der Waals surface area contributed by atoms with E-state index >= 15 is 0 Å². The van der Waals surface area contributed by atoms with Crippen molar-refractivity contribution in [2.24, 2.45) is 17.6 Å². The summed E-state index contributed by atoms with van der Waals surface area (Å²) in [5.74, 6) is -6.16. The van der Waals surface area contributed by atoms with Crippen LogP contribution >= 0.6 is 0 Å². The quantitative estimate of drug-likeness (QED) is 0.511. The van der Waals surface area contributed by atoms with Crippen molar-refractivity contribution in [2.45, 2.75) is 18.9 Å². The van der Waals surface area contributed by atoms with E-state index in [0.29, 0.717) is 0 Å². The van der Waals surface area contributed by atoms with Gasteiger partial charge in [0.25, 0.3) is 0 Å². The Morgan fingerprint density at radius 1 is 0.871 bits per heavy atom. The molecule has 0 aromatic heterocycles. The molecule has 0 spiro atoms. The maximum Gasteiger partial charge on any atom is 0.320 e. The molecule has 0 radical (unpaired) electrons. The first-order valence-electron chi connectivity index (χ1n) is 9.75. The molecule has 0 fully saturated rings. The number of amides is 2. The van der Waals surface area contributed by atoms with Crippen LogP contribution in [0.15, 0.2) is 48.5 Å². The number of rotatable bonds is 7. The van der Waals surface area contributed by atoms with Gasteiger partial charge in [-0.3, -0.25) is 19.2 Å². The van der Waals surface area contributed by atoms with E-state index in [-0.39, 0.29) is 0 Å². The van der Waals surface area contributed by atoms with E-state index in [1.54, 1.807) is 0 Å². The Hall–Kier alpha value is -3.68. The van der Waals surface area contributed by atoms with Crippen molar-refractivity contribution in [1.29, 1.82) is 0 Å². The summed E-state index contributed by atoms with van der Waals surface area (Å²) in [5.41, 5.74) is 9.01. The van der Waals surface area contributed by atoms with Crippen LogP contribution in [-0.2, 0) is 28.7 Å². The molecular formula is C23H24N2O6. The van der Waals surface area contributed by atoms with Crippen LogP contribution in [-0.4, -0.2) is 44.0 Å². The van der Waals surface area contributed by atoms with E-state index < -0.39 is 47.5 Å². The van der Waals surface area contributed by atoms with E-state index in [1.807, 2.05) is 48.5 Å². The number of primary amides is 1. The van der Waals surface area contributed by atoms with Gasteiger partial charge in [-0.15, -0.1) is 0 Å². The Labute approximate surface area is 179 Å². The van der Waals surface area contributed by atoms with Gasteiger partial charge >= 0.3 is 11.9 Å². The molecule has 0 heterocycles. The van der Waals surface area contributed by atoms with Gasteiger partial charge in [-0.2, -0.15) is 0 Å². The first-order valence-corrected chi connectivity index (χ1v) is 9.75. The third-order valence-corrected chi connectivity index (χ3v) is 5.66. The second kappa shape index (κ2) is 8.99. The van der Waals surface area contributed by atoms with Crippen molar-refractivity contribution >= 4 is 23.8 Å². The number of ether oxygens (including phenoxy) is 2. The van der Waals surface area contributed by atoms with Crippen LogP contribution in [0.3, 0.4) is 0 Å². The van der Waals surface area contributed by atoms with Gasteiger partial charge in [-0.25, -0.2) is 0 Å². The molecule has 3 N–H and O–H groups in total. The van der Waals surface area contributed by atoms with Gasteiger partial charge in [0.2, 0.25) is 11.8 Å². The monoisotopic (exact) mass is 424 g/mol. The van der Waals surface area contributed by atoms with Crippen molar-refractivity contribution in [3.05, 3.63) is 59.7 Å². The van der Waals surface area contributed by atoms with Gasteiger partial charge < -0.3 is 20.5 Å². The standard InChI is InChI=1S/C23H24N2O6/c1-12(17(22(28)30-2)23(29)31-3)19(20(24)26)25-21(27)18-15-10-6-4-8-13(15)14-9-5-7-11-16(14)18/h4-12,17-19H,1-3H3,(H2,24,26)(H,25,27)/t12-,19+/m0/s1. The number of benzene rings is 2. The van der Waals surface area contributed by atoms with E-state index in [9.17, 15) is 19.2 Å². The highest BCUT2D eigenvalue weighted by atomic mass is 16.5. The summed E-state index contributed by atoms with van der Waals surface area (Å²) in [6.07, 6.45) is 0. The molecule has 3 rings (SSSR count). The predicted octanol–water partition coefficient (Wildman–Crippen LogP) is 1.37. The second-order valence-corrected chi connectivity index (χ2v) is 7.38. The maximum atomic E-state index is 13.3. The summed E-state index contributed by atoms with van der Waals surface area (Å²) in [4.78, 5) is 49.9. The normalized spacial score (nSPS) is 14.2. The average molecular weight is 424 g/mol. The summed E-state index contributed by atoms with van der Waals surface area (Å²) in [6.45, 7) is 1.46. The van der Waals surface area contributed by atoms with E-state index in [2.05, 4.69) is 14.8 Å². The molecule has 0 aliphatic heterocycles. The molecule has 31 heavy (non-hydrogen) atoms. The fraction of sp³-hybridized carbons (Fsp3) is 0.304. The second-order valence-electron chi connectivity index (χ2n) is 7.38. The molecule has 2 atom stereocenters. The number of carbonyl (C=O) groups is 4. The van der Waals surface area contributed by atoms with Gasteiger partial charge in [-0.1, -0.05) is 55.5 Å². The van der Waals surface area contributed by atoms with Gasteiger partial charge in [0.05, 0.1) is 20.1 Å². The van der Waals surface area contributed by atoms with Crippen molar-refractivity contribution in [3.63, 3.8) is 0 Å². The summed E-state index contributed by atoms with van der Waals surface area (Å²) < 4.78 is 9.36. The van der Waals surface area contributed by atoms with E-state index in [1.165, 1.54) is 6.92 Å². The minimum absolute atomic E-state index is 0.457. The number of fused-ring (bicyclic) bond motifs is 3. The molecule has 1 aliphatic rings. The van der Waals surface area contributed by atoms with Crippen LogP contribution < -0.4 is 11.1 Å². The van der Waals surface area contributed by atoms with Crippen LogP contribution in [0.1, 0.15) is 24.0 Å². The maximum absolute atomic E-state index is 13.3. The first kappa shape index (κ1) is 22.0. The van der Waals surface area contributed by atoms with Gasteiger partial charge in [0, 0.05) is 5.92 Å². The zero-order valence-electron chi connectivity index (χ0n) is 17.5. The van der Waals surface area contributed by atoms with E-state index in [0.717, 1.165) is 36.5 Å². The van der Waals surface area contributed by atoms with E-state index in [4.69, 9.17) is 5.73 Å². The highest BCUT2D eigenvalue weighted by molar-refractivity contribution is 6.00. The number of hydrogen-bond donors (Lipinski definition) is 2. The Kier molecular flexibility index (Phi) is 6.39. The molecule has 1 aliphatic carbocycles. The molecule has 8 nitrogen and oxygen atoms in total. The molecule has 2 amide bonds. The Morgan fingerprint density at radius 2 is 1.32 bits per heavy atom. The molecule has 2 aromatic carbocycles. The van der Waals surface area contributed by atoms with Crippen molar-refractivity contribution in [2.75, 3.05) is 14.2 Å². The van der Waals surface area contributed by atoms with Gasteiger partial charge in [-0.05, 0) is 22.3 Å². The molecule has 2 aromatic rings. The zero-order valence-corrected chi connectivity index (χ0v) is 17.5. The number of esters is 2. The number of hydrogen-bond acceptors (Lipinski definition) is 6. The molecule has 0 saturated heterocycles. The lowest BCUT2D eigenvalue weighted by Crippen LogP contribution is -2.53. The Morgan fingerprint density at radius 3 is 1.74 bits per heavy atom. The Bertz CT molecular complexity index is 973. The van der Waals surface area contributed by atoms with Gasteiger partial charge in [0.15, 0.2) is 5.92 Å². The SMILES string of the molecule is COC(=O)C(C(=O)OC)[C@H](C)[C@@H](NC(=O)C1c2ccccc2-c2ccccc21)C(N)=O. The van der Waals surface area contributed by atoms with Crippen LogP contribution in [0.2, 0.25) is 0 Å². The third-order valence-electron chi connectivity index (χ3n) is 5.66. The number of methoxy groups -OCH3 is 2. The summed E-state index contributed by atoms with van der Waals surface area (Å²) in [5, 5.41) is 2.65. The molecule has 162 valence electrons. The lowest BCUT2D eigenvalue weighted by molar-refractivity contribution is -0.162. The zero-order chi connectivity index (χ0) is 22.7. The minimum atomic E-state index is -1.42. The van der Waals surface area contributed by atoms with Gasteiger partial charge in [0.1, 0.15) is 6.04 Å². The van der Waals surface area contributed by atoms with Crippen molar-refractivity contribution in [1.82, 2.24) is 5.32 Å². The fourth-order valence-electron chi connectivity index (χ4n) is 4.11. The lowest BCUT2D eigenvalue weighted by Gasteiger charge is -2.28. The predicted molar refractivity (Wildman–Crippen MR) is 112 cm³/mol. The molecule has 8 heteroatoms. The first-order chi connectivity index (χ1) is 14.8. The van der Waals surface area contributed by atoms with Crippen LogP contribution in [0, 0.1) is 11.8 Å². The van der Waals surface area contributed by atoms with Crippen LogP contribution in [0.25, 0.3) is 11.1 Å². The average Bonchev–Trinajstić information content (AvgIpc) is 3.11. The molecule has 0 bridgehead atoms. The van der Waals surface area contributed by atoms with Crippen LogP contribution in [0.5, 0.6) is 0 Å². The lowest BCUT2D eigenvalue weighted by atomic mass is 9.86. The fourth-order valence-corrected chi connectivity index (χ4v) is 4.11. The molecule has 0 unspecified atom stereocenters. The largest absolute Gasteiger partial charge is 0.468 e. The van der Waals surface area contributed by atoms with Crippen molar-refractivity contribution < 1.29 is 28.7 Å². The number of carbonyl (C=O) groups excluding carboxylic acids is 4. The highest BCUT2D eigenvalue weighted by Gasteiger charge is 2.43. The topological polar surface area (TPSA) is 125 Å². The molecule has 0 saturated carbocycles. The summed E-state index contributed by atoms with van der Waals surface area (Å²) in [7, 11) is 2.24. The minimum Gasteiger partial charge on any atom is -0.468 e.